The van der Waals surface area contributed by atoms with Crippen molar-refractivity contribution in [3.63, 3.8) is 0 Å². The highest BCUT2D eigenvalue weighted by Gasteiger charge is 2.28. The van der Waals surface area contributed by atoms with Gasteiger partial charge in [-0.05, 0) is 11.4 Å². The second kappa shape index (κ2) is 4.67. The van der Waals surface area contributed by atoms with Gasteiger partial charge in [0, 0.05) is 30.6 Å². The molecular formula is C9H12N6O. The van der Waals surface area contributed by atoms with Gasteiger partial charge in [0.15, 0.2) is 0 Å². The van der Waals surface area contributed by atoms with E-state index in [0.29, 0.717) is 26.1 Å². The number of azide groups is 1. The van der Waals surface area contributed by atoms with Crippen LogP contribution in [-0.2, 0) is 11.3 Å². The number of carbonyl (C=O) groups is 1. The summed E-state index contributed by atoms with van der Waals surface area (Å²) >= 11 is 0. The molecule has 2 rings (SSSR count). The van der Waals surface area contributed by atoms with E-state index in [4.69, 9.17) is 5.53 Å². The van der Waals surface area contributed by atoms with Crippen LogP contribution in [-0.4, -0.2) is 33.9 Å². The van der Waals surface area contributed by atoms with Gasteiger partial charge in [0.1, 0.15) is 0 Å². The molecular weight excluding hydrogens is 208 g/mol. The third-order valence-electron chi connectivity index (χ3n) is 2.61. The smallest absolute Gasteiger partial charge is 0.223 e. The molecule has 1 amide bonds. The lowest BCUT2D eigenvalue weighted by Crippen LogP contribution is -2.25. The summed E-state index contributed by atoms with van der Waals surface area (Å²) in [6.07, 6.45) is 3.76. The molecule has 1 unspecified atom stereocenters. The molecule has 16 heavy (non-hydrogen) atoms. The zero-order valence-corrected chi connectivity index (χ0v) is 8.70. The number of hydrogen-bond donors (Lipinski definition) is 1. The molecule has 1 saturated heterocycles. The summed E-state index contributed by atoms with van der Waals surface area (Å²) < 4.78 is 0. The fourth-order valence-electron chi connectivity index (χ4n) is 1.86. The van der Waals surface area contributed by atoms with E-state index in [1.807, 2.05) is 0 Å². The van der Waals surface area contributed by atoms with Crippen LogP contribution in [0.5, 0.6) is 0 Å². The lowest BCUT2D eigenvalue weighted by molar-refractivity contribution is -0.128. The fourth-order valence-corrected chi connectivity index (χ4v) is 1.86. The maximum Gasteiger partial charge on any atom is 0.223 e. The molecule has 0 spiro atoms. The van der Waals surface area contributed by atoms with Gasteiger partial charge in [-0.3, -0.25) is 4.79 Å². The number of rotatable bonds is 4. The molecule has 1 aliphatic rings. The summed E-state index contributed by atoms with van der Waals surface area (Å²) in [5, 5.41) is 3.50. The number of H-pyrrole nitrogens is 1. The lowest BCUT2D eigenvalue weighted by atomic mass is 10.1. The molecule has 7 heteroatoms. The normalized spacial score (nSPS) is 19.9. The average Bonchev–Trinajstić information content (AvgIpc) is 2.87. The first-order chi connectivity index (χ1) is 7.79. The first-order valence-electron chi connectivity index (χ1n) is 5.05. The Hall–Kier alpha value is -2.01. The number of nitrogens with one attached hydrogen (secondary N) is 1. The Balaban J connectivity index is 1.92. The molecule has 1 fully saturated rings. The summed E-state index contributed by atoms with van der Waals surface area (Å²) in [5.41, 5.74) is 9.13. The Labute approximate surface area is 92.1 Å². The zero-order valence-electron chi connectivity index (χ0n) is 8.70. The quantitative estimate of drug-likeness (QED) is 0.466. The van der Waals surface area contributed by atoms with Crippen LogP contribution in [0.3, 0.4) is 0 Å². The number of amides is 1. The topological polar surface area (TPSA) is 97.8 Å². The Morgan fingerprint density at radius 2 is 2.62 bits per heavy atom. The van der Waals surface area contributed by atoms with E-state index in [1.54, 1.807) is 17.4 Å². The number of aromatic amines is 1. The lowest BCUT2D eigenvalue weighted by Gasteiger charge is -2.14. The molecule has 1 aromatic heterocycles. The molecule has 1 atom stereocenters. The van der Waals surface area contributed by atoms with E-state index < -0.39 is 0 Å². The van der Waals surface area contributed by atoms with Crippen LogP contribution in [0.4, 0.5) is 0 Å². The van der Waals surface area contributed by atoms with Gasteiger partial charge in [-0.15, -0.1) is 0 Å². The minimum atomic E-state index is 0.104. The minimum absolute atomic E-state index is 0.104. The van der Waals surface area contributed by atoms with Gasteiger partial charge in [0.25, 0.3) is 0 Å². The fraction of sp³-hybridized carbons (Fsp3) is 0.556. The van der Waals surface area contributed by atoms with Crippen molar-refractivity contribution in [1.82, 2.24) is 14.9 Å². The second-order valence-electron chi connectivity index (χ2n) is 3.83. The summed E-state index contributed by atoms with van der Waals surface area (Å²) in [7, 11) is 0. The number of imidazole rings is 1. The van der Waals surface area contributed by atoms with Crippen LogP contribution in [0.1, 0.15) is 12.1 Å². The van der Waals surface area contributed by atoms with Gasteiger partial charge in [0.05, 0.1) is 18.6 Å². The SMILES string of the molecule is [N-]=[N+]=NCC1CC(=O)N(Cc2cnc[nH]2)C1. The van der Waals surface area contributed by atoms with Crippen molar-refractivity contribution >= 4 is 5.91 Å². The van der Waals surface area contributed by atoms with E-state index in [1.165, 1.54) is 0 Å². The number of hydrogen-bond acceptors (Lipinski definition) is 3. The van der Waals surface area contributed by atoms with E-state index in [0.717, 1.165) is 5.69 Å². The van der Waals surface area contributed by atoms with Crippen molar-refractivity contribution in [1.29, 1.82) is 0 Å². The first kappa shape index (κ1) is 10.5. The molecule has 2 heterocycles. The van der Waals surface area contributed by atoms with Crippen LogP contribution in [0.15, 0.2) is 17.6 Å². The van der Waals surface area contributed by atoms with Crippen LogP contribution in [0.2, 0.25) is 0 Å². The molecule has 0 bridgehead atoms. The number of nitrogens with zero attached hydrogens (tertiary/aromatic N) is 5. The van der Waals surface area contributed by atoms with Crippen molar-refractivity contribution in [3.8, 4) is 0 Å². The molecule has 1 aromatic rings. The van der Waals surface area contributed by atoms with E-state index in [-0.39, 0.29) is 11.8 Å². The predicted molar refractivity (Wildman–Crippen MR) is 56.1 cm³/mol. The maximum absolute atomic E-state index is 11.6. The van der Waals surface area contributed by atoms with E-state index in [2.05, 4.69) is 20.0 Å². The van der Waals surface area contributed by atoms with Crippen LogP contribution >= 0.6 is 0 Å². The predicted octanol–water partition coefficient (Wildman–Crippen LogP) is 1.07. The summed E-state index contributed by atoms with van der Waals surface area (Å²) in [4.78, 5) is 22.9. The third kappa shape index (κ3) is 2.32. The van der Waals surface area contributed by atoms with Crippen molar-refractivity contribution in [3.05, 3.63) is 28.7 Å². The van der Waals surface area contributed by atoms with Gasteiger partial charge in [0.2, 0.25) is 5.91 Å². The van der Waals surface area contributed by atoms with Gasteiger partial charge in [-0.2, -0.15) is 0 Å². The molecule has 0 saturated carbocycles. The van der Waals surface area contributed by atoms with Crippen LogP contribution in [0.25, 0.3) is 10.4 Å². The van der Waals surface area contributed by atoms with E-state index >= 15 is 0 Å². The molecule has 0 aliphatic carbocycles. The van der Waals surface area contributed by atoms with Gasteiger partial charge < -0.3 is 9.88 Å². The highest BCUT2D eigenvalue weighted by molar-refractivity contribution is 5.78. The number of likely N-dealkylation sites (tertiary alicyclic amines) is 1. The Morgan fingerprint density at radius 3 is 3.31 bits per heavy atom. The number of aromatic nitrogens is 2. The van der Waals surface area contributed by atoms with Gasteiger partial charge in [-0.1, -0.05) is 5.11 Å². The zero-order chi connectivity index (χ0) is 11.4. The van der Waals surface area contributed by atoms with Crippen molar-refractivity contribution in [2.45, 2.75) is 13.0 Å². The highest BCUT2D eigenvalue weighted by atomic mass is 16.2. The van der Waals surface area contributed by atoms with Gasteiger partial charge >= 0.3 is 0 Å². The molecule has 0 aromatic carbocycles. The third-order valence-corrected chi connectivity index (χ3v) is 2.61. The second-order valence-corrected chi connectivity index (χ2v) is 3.83. The van der Waals surface area contributed by atoms with Crippen LogP contribution < -0.4 is 0 Å². The minimum Gasteiger partial charge on any atom is -0.347 e. The molecule has 7 nitrogen and oxygen atoms in total. The first-order valence-corrected chi connectivity index (χ1v) is 5.05. The van der Waals surface area contributed by atoms with E-state index in [9.17, 15) is 4.79 Å². The van der Waals surface area contributed by atoms with Crippen LogP contribution in [0, 0.1) is 5.92 Å². The Kier molecular flexibility index (Phi) is 3.07. The standard InChI is InChI=1S/C9H12N6O/c10-14-13-2-7-1-9(16)15(4-7)5-8-3-11-6-12-8/h3,6-7H,1-2,4-5H2,(H,11,12). The molecule has 1 aliphatic heterocycles. The van der Waals surface area contributed by atoms with Crippen molar-refractivity contribution in [2.24, 2.45) is 11.0 Å². The van der Waals surface area contributed by atoms with Crippen molar-refractivity contribution < 1.29 is 4.79 Å². The molecule has 84 valence electrons. The van der Waals surface area contributed by atoms with Gasteiger partial charge in [-0.25, -0.2) is 4.98 Å². The molecule has 0 radical (unpaired) electrons. The largest absolute Gasteiger partial charge is 0.347 e. The monoisotopic (exact) mass is 220 g/mol. The summed E-state index contributed by atoms with van der Waals surface area (Å²) in [6.45, 7) is 1.59. The highest BCUT2D eigenvalue weighted by Crippen LogP contribution is 2.19. The van der Waals surface area contributed by atoms with Crippen molar-refractivity contribution in [2.75, 3.05) is 13.1 Å². The Bertz CT molecular complexity index is 408. The summed E-state index contributed by atoms with van der Waals surface area (Å²) in [6, 6.07) is 0. The number of carbonyl (C=O) groups excluding carboxylic acids is 1. The maximum atomic E-state index is 11.6. The Morgan fingerprint density at radius 1 is 1.75 bits per heavy atom. The molecule has 1 N–H and O–H groups in total. The average molecular weight is 220 g/mol. The summed E-state index contributed by atoms with van der Waals surface area (Å²) in [5.74, 6) is 0.249.